The summed E-state index contributed by atoms with van der Waals surface area (Å²) in [7, 11) is 0. The van der Waals surface area contributed by atoms with Crippen LogP contribution < -0.4 is 5.32 Å². The van der Waals surface area contributed by atoms with E-state index in [1.165, 1.54) is 12.1 Å². The Bertz CT molecular complexity index is 444. The summed E-state index contributed by atoms with van der Waals surface area (Å²) >= 11 is 5.71. The molecule has 0 aliphatic heterocycles. The molecule has 1 rings (SSSR count). The Morgan fingerprint density at radius 2 is 2.17 bits per heavy atom. The van der Waals surface area contributed by atoms with Crippen molar-refractivity contribution in [3.05, 3.63) is 28.5 Å². The van der Waals surface area contributed by atoms with E-state index in [2.05, 4.69) is 10.3 Å². The van der Waals surface area contributed by atoms with Gasteiger partial charge in [0.15, 0.2) is 0 Å². The summed E-state index contributed by atoms with van der Waals surface area (Å²) in [6.07, 6.45) is -0.0567. The van der Waals surface area contributed by atoms with Crippen molar-refractivity contribution in [1.82, 2.24) is 10.3 Å². The van der Waals surface area contributed by atoms with Gasteiger partial charge in [-0.2, -0.15) is 0 Å². The van der Waals surface area contributed by atoms with Crippen LogP contribution in [-0.4, -0.2) is 39.7 Å². The van der Waals surface area contributed by atoms with E-state index in [9.17, 15) is 9.59 Å². The molecule has 1 aromatic heterocycles. The van der Waals surface area contributed by atoms with Crippen LogP contribution in [0.1, 0.15) is 22.5 Å². The summed E-state index contributed by atoms with van der Waals surface area (Å²) in [6.45, 7) is 1.35. The first-order valence-electron chi connectivity index (χ1n) is 5.22. The molecule has 0 fully saturated rings. The molecule has 6 nitrogen and oxygen atoms in total. The maximum Gasteiger partial charge on any atom is 0.326 e. The highest BCUT2D eigenvalue weighted by atomic mass is 35.5. The van der Waals surface area contributed by atoms with Gasteiger partial charge in [-0.15, -0.1) is 0 Å². The van der Waals surface area contributed by atoms with Crippen molar-refractivity contribution in [2.24, 2.45) is 0 Å². The van der Waals surface area contributed by atoms with Gasteiger partial charge in [0, 0.05) is 24.3 Å². The monoisotopic (exact) mass is 272 g/mol. The van der Waals surface area contributed by atoms with Crippen molar-refractivity contribution in [2.75, 3.05) is 6.61 Å². The van der Waals surface area contributed by atoms with Crippen molar-refractivity contribution >= 4 is 23.5 Å². The number of aliphatic hydroxyl groups is 1. The van der Waals surface area contributed by atoms with Crippen LogP contribution in [-0.2, 0) is 4.79 Å². The van der Waals surface area contributed by atoms with Gasteiger partial charge in [-0.25, -0.2) is 9.78 Å². The van der Waals surface area contributed by atoms with Gasteiger partial charge in [0.2, 0.25) is 0 Å². The molecule has 1 atom stereocenters. The minimum Gasteiger partial charge on any atom is -0.480 e. The van der Waals surface area contributed by atoms with Gasteiger partial charge in [0.25, 0.3) is 5.91 Å². The van der Waals surface area contributed by atoms with E-state index >= 15 is 0 Å². The van der Waals surface area contributed by atoms with E-state index in [1.54, 1.807) is 6.92 Å². The number of rotatable bonds is 5. The Morgan fingerprint density at radius 1 is 1.50 bits per heavy atom. The zero-order valence-corrected chi connectivity index (χ0v) is 10.4. The van der Waals surface area contributed by atoms with Crippen LogP contribution in [0, 0.1) is 6.92 Å². The lowest BCUT2D eigenvalue weighted by Crippen LogP contribution is -2.41. The maximum absolute atomic E-state index is 11.8. The van der Waals surface area contributed by atoms with Gasteiger partial charge in [-0.3, -0.25) is 4.79 Å². The van der Waals surface area contributed by atoms with E-state index in [0.29, 0.717) is 5.69 Å². The molecule has 98 valence electrons. The molecule has 1 heterocycles. The van der Waals surface area contributed by atoms with E-state index in [4.69, 9.17) is 21.8 Å². The predicted molar refractivity (Wildman–Crippen MR) is 64.6 cm³/mol. The number of carboxylic acid groups (broad SMARTS) is 1. The molecule has 0 aliphatic carbocycles. The summed E-state index contributed by atoms with van der Waals surface area (Å²) in [5.74, 6) is -1.77. The maximum atomic E-state index is 11.8. The van der Waals surface area contributed by atoms with E-state index < -0.39 is 17.9 Å². The van der Waals surface area contributed by atoms with Gasteiger partial charge in [-0.05, 0) is 19.1 Å². The number of pyridine rings is 1. The van der Waals surface area contributed by atoms with Crippen molar-refractivity contribution < 1.29 is 19.8 Å². The Morgan fingerprint density at radius 3 is 2.67 bits per heavy atom. The molecule has 0 bridgehead atoms. The number of carbonyl (C=O) groups is 2. The van der Waals surface area contributed by atoms with Gasteiger partial charge in [0.05, 0.1) is 0 Å². The molecular weight excluding hydrogens is 260 g/mol. The van der Waals surface area contributed by atoms with Gasteiger partial charge in [-0.1, -0.05) is 11.6 Å². The average molecular weight is 273 g/mol. The first kappa shape index (κ1) is 14.4. The number of aromatic nitrogens is 1. The minimum absolute atomic E-state index is 0.0567. The fourth-order valence-electron chi connectivity index (χ4n) is 1.39. The molecule has 1 amide bonds. The summed E-state index contributed by atoms with van der Waals surface area (Å²) in [6, 6.07) is 1.72. The molecule has 0 aromatic carbocycles. The first-order chi connectivity index (χ1) is 8.43. The molecule has 1 aromatic rings. The number of aryl methyl sites for hydroxylation is 1. The van der Waals surface area contributed by atoms with Crippen molar-refractivity contribution in [3.8, 4) is 0 Å². The highest BCUT2D eigenvalue weighted by molar-refractivity contribution is 6.29. The molecule has 18 heavy (non-hydrogen) atoms. The van der Waals surface area contributed by atoms with Gasteiger partial charge < -0.3 is 15.5 Å². The molecular formula is C11H13ClN2O4. The number of carbonyl (C=O) groups excluding carboxylic acids is 1. The zero-order valence-electron chi connectivity index (χ0n) is 9.68. The molecule has 3 N–H and O–H groups in total. The second-order valence-electron chi connectivity index (χ2n) is 3.70. The highest BCUT2D eigenvalue weighted by Crippen LogP contribution is 2.10. The van der Waals surface area contributed by atoms with E-state index in [1.807, 2.05) is 0 Å². The number of hydrogen-bond acceptors (Lipinski definition) is 4. The smallest absolute Gasteiger partial charge is 0.326 e. The number of aliphatic carboxylic acids is 1. The SMILES string of the molecule is Cc1cc(C(=O)NC(CCO)C(=O)O)cc(Cl)n1. The lowest BCUT2D eigenvalue weighted by Gasteiger charge is -2.13. The van der Waals surface area contributed by atoms with Crippen molar-refractivity contribution in [1.29, 1.82) is 0 Å². The molecule has 0 saturated carbocycles. The van der Waals surface area contributed by atoms with Crippen LogP contribution in [0.25, 0.3) is 0 Å². The number of amides is 1. The minimum atomic E-state index is -1.20. The van der Waals surface area contributed by atoms with Crippen molar-refractivity contribution in [2.45, 2.75) is 19.4 Å². The number of aliphatic hydroxyl groups excluding tert-OH is 1. The van der Waals surface area contributed by atoms with Crippen LogP contribution >= 0.6 is 11.6 Å². The fraction of sp³-hybridized carbons (Fsp3) is 0.364. The lowest BCUT2D eigenvalue weighted by atomic mass is 10.1. The molecule has 0 saturated heterocycles. The summed E-state index contributed by atoms with van der Waals surface area (Å²) in [5.41, 5.74) is 0.790. The second kappa shape index (κ2) is 6.32. The first-order valence-corrected chi connectivity index (χ1v) is 5.60. The molecule has 0 radical (unpaired) electrons. The topological polar surface area (TPSA) is 99.5 Å². The summed E-state index contributed by atoms with van der Waals surface area (Å²) in [5, 5.41) is 20.0. The third-order valence-corrected chi connectivity index (χ3v) is 2.40. The van der Waals surface area contributed by atoms with Crippen LogP contribution in [0.4, 0.5) is 0 Å². The Hall–Kier alpha value is -1.66. The second-order valence-corrected chi connectivity index (χ2v) is 4.08. The van der Waals surface area contributed by atoms with Crippen LogP contribution in [0.5, 0.6) is 0 Å². The third kappa shape index (κ3) is 3.97. The van der Waals surface area contributed by atoms with E-state index in [0.717, 1.165) is 0 Å². The Kier molecular flexibility index (Phi) is 5.06. The average Bonchev–Trinajstić information content (AvgIpc) is 2.26. The summed E-state index contributed by atoms with van der Waals surface area (Å²) in [4.78, 5) is 26.5. The van der Waals surface area contributed by atoms with Gasteiger partial charge >= 0.3 is 5.97 Å². The van der Waals surface area contributed by atoms with E-state index in [-0.39, 0.29) is 23.7 Å². The Balaban J connectivity index is 2.83. The highest BCUT2D eigenvalue weighted by Gasteiger charge is 2.20. The van der Waals surface area contributed by atoms with Crippen LogP contribution in [0.3, 0.4) is 0 Å². The van der Waals surface area contributed by atoms with Crippen LogP contribution in [0.15, 0.2) is 12.1 Å². The third-order valence-electron chi connectivity index (χ3n) is 2.21. The van der Waals surface area contributed by atoms with Gasteiger partial charge in [0.1, 0.15) is 11.2 Å². The summed E-state index contributed by atoms with van der Waals surface area (Å²) < 4.78 is 0. The van der Waals surface area contributed by atoms with Crippen molar-refractivity contribution in [3.63, 3.8) is 0 Å². The molecule has 0 spiro atoms. The largest absolute Gasteiger partial charge is 0.480 e. The fourth-order valence-corrected chi connectivity index (χ4v) is 1.64. The quantitative estimate of drug-likeness (QED) is 0.682. The number of hydrogen-bond donors (Lipinski definition) is 3. The predicted octanol–water partition coefficient (Wildman–Crippen LogP) is 0.609. The molecule has 1 unspecified atom stereocenters. The Labute approximate surface area is 109 Å². The number of carboxylic acids is 1. The molecule has 7 heteroatoms. The standard InChI is InChI=1S/C11H13ClN2O4/c1-6-4-7(5-9(12)13-6)10(16)14-8(2-3-15)11(17)18/h4-5,8,15H,2-3H2,1H3,(H,14,16)(H,17,18). The zero-order chi connectivity index (χ0) is 13.7. The number of nitrogens with zero attached hydrogens (tertiary/aromatic N) is 1. The number of halogens is 1. The van der Waals surface area contributed by atoms with Crippen LogP contribution in [0.2, 0.25) is 5.15 Å². The molecule has 0 aliphatic rings. The number of nitrogens with one attached hydrogen (secondary N) is 1. The normalized spacial score (nSPS) is 11.9. The lowest BCUT2D eigenvalue weighted by molar-refractivity contribution is -0.139.